The van der Waals surface area contributed by atoms with Crippen molar-refractivity contribution in [2.24, 2.45) is 11.8 Å². The number of carbonyl (C=O) groups excluding carboxylic acids is 3. The van der Waals surface area contributed by atoms with E-state index in [1.165, 1.54) is 7.05 Å². The highest BCUT2D eigenvalue weighted by atomic mass is 16.3. The first kappa shape index (κ1) is 9.65. The van der Waals surface area contributed by atoms with E-state index in [-0.39, 0.29) is 0 Å². The molecule has 0 bridgehead atoms. The molecular formula is C20H28N2O4. The van der Waals surface area contributed by atoms with Crippen LogP contribution in [0.1, 0.15) is 59.4 Å². The van der Waals surface area contributed by atoms with Crippen LogP contribution in [-0.2, 0) is 20.8 Å². The number of fused-ring (bicyclic) bond motifs is 1. The van der Waals surface area contributed by atoms with Crippen LogP contribution in [0, 0.1) is 11.8 Å². The van der Waals surface area contributed by atoms with E-state index in [9.17, 15) is 19.5 Å². The van der Waals surface area contributed by atoms with Gasteiger partial charge in [0, 0.05) is 35.5 Å². The van der Waals surface area contributed by atoms with Crippen molar-refractivity contribution in [2.75, 3.05) is 13.6 Å². The van der Waals surface area contributed by atoms with Crippen LogP contribution in [0.3, 0.4) is 0 Å². The van der Waals surface area contributed by atoms with Crippen LogP contribution in [0.4, 0.5) is 0 Å². The zero-order valence-electron chi connectivity index (χ0n) is 25.7. The first-order valence-corrected chi connectivity index (χ1v) is 7.86. The van der Waals surface area contributed by atoms with Crippen LogP contribution in [-0.4, -0.2) is 47.3 Å². The third-order valence-electron chi connectivity index (χ3n) is 3.94. The smallest absolute Gasteiger partial charge is 0.249 e. The summed E-state index contributed by atoms with van der Waals surface area (Å²) in [5.41, 5.74) is -1.07. The second-order valence-corrected chi connectivity index (χ2v) is 6.08. The fourth-order valence-electron chi connectivity index (χ4n) is 2.37. The van der Waals surface area contributed by atoms with Gasteiger partial charge in [-0.25, -0.2) is 0 Å². The van der Waals surface area contributed by atoms with Gasteiger partial charge in [0.15, 0.2) is 5.78 Å². The van der Waals surface area contributed by atoms with E-state index in [1.54, 1.807) is 0 Å². The average Bonchev–Trinajstić information content (AvgIpc) is 2.82. The summed E-state index contributed by atoms with van der Waals surface area (Å²) in [4.78, 5) is 39.6. The van der Waals surface area contributed by atoms with Gasteiger partial charge in [-0.05, 0) is 23.4 Å². The van der Waals surface area contributed by atoms with Gasteiger partial charge in [0.1, 0.15) is 12.1 Å². The third kappa shape index (κ3) is 4.49. The average molecular weight is 372 g/mol. The fraction of sp³-hybridized carbons (Fsp3) is 0.550. The summed E-state index contributed by atoms with van der Waals surface area (Å²) >= 11 is 0. The predicted octanol–water partition coefficient (Wildman–Crippen LogP) is 1.47. The molecule has 1 aliphatic heterocycles. The van der Waals surface area contributed by atoms with Gasteiger partial charge in [0.05, 0.1) is 5.48 Å². The van der Waals surface area contributed by atoms with Gasteiger partial charge in [0.25, 0.3) is 0 Å². The second kappa shape index (κ2) is 8.45. The van der Waals surface area contributed by atoms with Crippen molar-refractivity contribution in [2.45, 2.75) is 45.6 Å². The van der Waals surface area contributed by atoms with Crippen LogP contribution < -0.4 is 5.32 Å². The number of nitrogens with zero attached hydrogens (tertiary/aromatic N) is 1. The molecule has 6 nitrogen and oxygen atoms in total. The number of aliphatic hydroxyl groups excluding tert-OH is 1. The van der Waals surface area contributed by atoms with E-state index >= 15 is 0 Å². The van der Waals surface area contributed by atoms with Crippen LogP contribution >= 0.6 is 0 Å². The first-order chi connectivity index (χ1) is 16.5. The monoisotopic (exact) mass is 371 g/mol. The Bertz CT molecular complexity index is 1130. The van der Waals surface area contributed by atoms with Crippen molar-refractivity contribution in [3.8, 4) is 0 Å². The number of nitrogens with one attached hydrogen (secondary N) is 1. The van der Waals surface area contributed by atoms with Gasteiger partial charge in [-0.1, -0.05) is 44.9 Å². The molecule has 0 spiro atoms. The standard InChI is InChI=1S/C20H28N2O4/c1-12(2)18(24)16(23)11-13(3)19(25)21-17-15-8-6-5-7-14(15)9-10-22(4)20(17)26/h5-8,12-13,17-18,24H,9-11H2,1-4H3,(H,21,25)/t13-,17+,18+/m1/s1/i1D3,5D,6D,7D,8D,9D2,12D,13D/t12?,13-,17+,18+. The van der Waals surface area contributed by atoms with E-state index in [2.05, 4.69) is 5.32 Å². The number of benzene rings is 1. The Morgan fingerprint density at radius 2 is 2.19 bits per heavy atom. The fourth-order valence-corrected chi connectivity index (χ4v) is 2.37. The molecule has 1 aromatic carbocycles. The third-order valence-corrected chi connectivity index (χ3v) is 3.94. The SMILES string of the molecule is [2H]c1c([2H])c([2H])c2c(c1[2H])[C@H](NC(=O)[C@]([2H])(C)CC(=O)[C@@H](O)C([2H])(C)C([2H])([2H])[2H])C(=O)N(C)CC2([2H])[2H]. The van der Waals surface area contributed by atoms with E-state index in [1.807, 2.05) is 0 Å². The van der Waals surface area contributed by atoms with Crippen LogP contribution in [0.15, 0.2) is 24.2 Å². The minimum Gasteiger partial charge on any atom is -0.385 e. The molecule has 1 heterocycles. The molecule has 1 aliphatic rings. The van der Waals surface area contributed by atoms with Crippen molar-refractivity contribution in [1.29, 1.82) is 0 Å². The Morgan fingerprint density at radius 3 is 2.88 bits per heavy atom. The van der Waals surface area contributed by atoms with Crippen LogP contribution in [0.2, 0.25) is 0 Å². The number of aliphatic hydroxyl groups is 1. The van der Waals surface area contributed by atoms with Gasteiger partial charge in [-0.2, -0.15) is 0 Å². The van der Waals surface area contributed by atoms with Gasteiger partial charge in [-0.3, -0.25) is 14.4 Å². The lowest BCUT2D eigenvalue weighted by Crippen LogP contribution is -2.43. The number of ketones is 1. The molecule has 6 heteroatoms. The quantitative estimate of drug-likeness (QED) is 0.793. The molecule has 26 heavy (non-hydrogen) atoms. The minimum absolute atomic E-state index is 0.526. The van der Waals surface area contributed by atoms with Crippen molar-refractivity contribution in [3.05, 3.63) is 35.3 Å². The molecule has 0 aromatic heterocycles. The first-order valence-electron chi connectivity index (χ1n) is 13.4. The molecule has 0 saturated carbocycles. The Hall–Kier alpha value is -2.21. The summed E-state index contributed by atoms with van der Waals surface area (Å²) in [5, 5.41) is 12.4. The Balaban J connectivity index is 2.51. The zero-order chi connectivity index (χ0) is 29.0. The molecule has 2 N–H and O–H groups in total. The number of hydrogen-bond donors (Lipinski definition) is 2. The van der Waals surface area contributed by atoms with Crippen molar-refractivity contribution < 1.29 is 34.6 Å². The van der Waals surface area contributed by atoms with E-state index in [0.29, 0.717) is 0 Å². The van der Waals surface area contributed by atoms with Gasteiger partial charge < -0.3 is 15.3 Å². The molecule has 0 fully saturated rings. The van der Waals surface area contributed by atoms with Gasteiger partial charge in [-0.15, -0.1) is 0 Å². The molecule has 0 aliphatic carbocycles. The van der Waals surface area contributed by atoms with Crippen molar-refractivity contribution >= 4 is 17.6 Å². The van der Waals surface area contributed by atoms with Crippen molar-refractivity contribution in [1.82, 2.24) is 10.2 Å². The molecule has 142 valence electrons. The van der Waals surface area contributed by atoms with Gasteiger partial charge >= 0.3 is 0 Å². The summed E-state index contributed by atoms with van der Waals surface area (Å²) < 4.78 is 87.3. The Labute approximate surface area is 170 Å². The highest BCUT2D eigenvalue weighted by molar-refractivity contribution is 5.92. The molecular weight excluding hydrogens is 332 g/mol. The topological polar surface area (TPSA) is 86.7 Å². The lowest BCUT2D eigenvalue weighted by Gasteiger charge is -2.24. The van der Waals surface area contributed by atoms with E-state index in [0.717, 1.165) is 18.7 Å². The number of likely N-dealkylation sites (N-methyl/N-ethyl adjacent to an activating group) is 1. The molecule has 0 radical (unpaired) electrons. The molecule has 2 rings (SSSR count). The molecule has 1 unspecified atom stereocenters. The maximum absolute atomic E-state index is 13.1. The zero-order valence-corrected chi connectivity index (χ0v) is 14.7. The second-order valence-electron chi connectivity index (χ2n) is 6.08. The summed E-state index contributed by atoms with van der Waals surface area (Å²) in [5.74, 6) is -8.57. The maximum atomic E-state index is 13.1. The number of hydrogen-bond acceptors (Lipinski definition) is 4. The molecule has 0 saturated heterocycles. The van der Waals surface area contributed by atoms with Crippen LogP contribution in [0.25, 0.3) is 0 Å². The summed E-state index contributed by atoms with van der Waals surface area (Å²) in [6, 6.07) is -4.88. The van der Waals surface area contributed by atoms with E-state index < -0.39 is 103 Å². The predicted molar refractivity (Wildman–Crippen MR) is 98.3 cm³/mol. The Morgan fingerprint density at radius 1 is 1.50 bits per heavy atom. The highest BCUT2D eigenvalue weighted by Gasteiger charge is 2.32. The number of Topliss-reactive ketones (excluding diaryl/α,β-unsaturated/α-hetero) is 1. The summed E-state index contributed by atoms with van der Waals surface area (Å²) in [6.45, 7) is -1.92. The molecule has 1 aromatic rings. The highest BCUT2D eigenvalue weighted by Crippen LogP contribution is 2.25. The molecule has 4 atom stereocenters. The number of carbonyl (C=O) groups is 3. The van der Waals surface area contributed by atoms with Gasteiger partial charge in [0.2, 0.25) is 11.8 Å². The minimum atomic E-state index is -3.06. The van der Waals surface area contributed by atoms with Crippen molar-refractivity contribution in [3.63, 3.8) is 0 Å². The normalized spacial score (nSPS) is 31.5. The number of amides is 2. The van der Waals surface area contributed by atoms with Crippen LogP contribution in [0.5, 0.6) is 0 Å². The van der Waals surface area contributed by atoms with E-state index in [4.69, 9.17) is 15.1 Å². The Kier molecular flexibility index (Phi) is 3.13. The largest absolute Gasteiger partial charge is 0.385 e. The maximum Gasteiger partial charge on any atom is 0.249 e. The lowest BCUT2D eigenvalue weighted by molar-refractivity contribution is -0.137. The summed E-state index contributed by atoms with van der Waals surface area (Å²) in [6.07, 6.45) is -5.86. The number of rotatable bonds is 6. The summed E-state index contributed by atoms with van der Waals surface area (Å²) in [7, 11) is 1.20. The lowest BCUT2D eigenvalue weighted by atomic mass is 9.94. The molecule has 2 amide bonds.